The second-order valence-corrected chi connectivity index (χ2v) is 5.35. The van der Waals surface area contributed by atoms with Gasteiger partial charge in [-0.25, -0.2) is 9.78 Å². The standard InChI is InChI=1S/C14H18N4O3/c19-11-6-5-10(13(20)17-11)16-14(21)18-8-2-4-9-3-1-7-15-12(9)18/h1,3,7,10,13,20H,2,4-6,8H2,(H,16,21)(H,17,19)/t10-,13?/m0/s1. The van der Waals surface area contributed by atoms with E-state index in [0.29, 0.717) is 25.2 Å². The minimum Gasteiger partial charge on any atom is -0.372 e. The van der Waals surface area contributed by atoms with Crippen molar-refractivity contribution >= 4 is 17.8 Å². The lowest BCUT2D eigenvalue weighted by Crippen LogP contribution is -2.58. The minimum atomic E-state index is -1.04. The smallest absolute Gasteiger partial charge is 0.323 e. The lowest BCUT2D eigenvalue weighted by atomic mass is 10.0. The molecule has 0 aromatic carbocycles. The molecule has 0 saturated carbocycles. The fraction of sp³-hybridized carbons (Fsp3) is 0.500. The van der Waals surface area contributed by atoms with Gasteiger partial charge in [-0.15, -0.1) is 0 Å². The summed E-state index contributed by atoms with van der Waals surface area (Å²) in [5.74, 6) is 0.480. The summed E-state index contributed by atoms with van der Waals surface area (Å²) >= 11 is 0. The summed E-state index contributed by atoms with van der Waals surface area (Å²) in [7, 11) is 0. The number of hydrogen-bond donors (Lipinski definition) is 3. The van der Waals surface area contributed by atoms with E-state index in [0.717, 1.165) is 18.4 Å². The van der Waals surface area contributed by atoms with Gasteiger partial charge in [-0.3, -0.25) is 9.69 Å². The molecule has 3 amide bonds. The summed E-state index contributed by atoms with van der Waals surface area (Å²) in [5.41, 5.74) is 1.05. The molecule has 3 rings (SSSR count). The molecule has 1 aromatic rings. The average Bonchev–Trinajstić information content (AvgIpc) is 2.49. The van der Waals surface area contributed by atoms with Crippen molar-refractivity contribution in [3.63, 3.8) is 0 Å². The predicted molar refractivity (Wildman–Crippen MR) is 75.6 cm³/mol. The van der Waals surface area contributed by atoms with Gasteiger partial charge in [-0.05, 0) is 30.9 Å². The van der Waals surface area contributed by atoms with Crippen LogP contribution in [0.4, 0.5) is 10.6 Å². The van der Waals surface area contributed by atoms with Crippen molar-refractivity contribution < 1.29 is 14.7 Å². The van der Waals surface area contributed by atoms with Gasteiger partial charge in [0.1, 0.15) is 12.0 Å². The van der Waals surface area contributed by atoms with Gasteiger partial charge in [0.2, 0.25) is 5.91 Å². The van der Waals surface area contributed by atoms with Gasteiger partial charge in [0.05, 0.1) is 6.04 Å². The highest BCUT2D eigenvalue weighted by Gasteiger charge is 2.31. The Hall–Kier alpha value is -2.15. The number of urea groups is 1. The van der Waals surface area contributed by atoms with E-state index < -0.39 is 12.3 Å². The van der Waals surface area contributed by atoms with Crippen LogP contribution < -0.4 is 15.5 Å². The van der Waals surface area contributed by atoms with Crippen molar-refractivity contribution in [1.82, 2.24) is 15.6 Å². The zero-order valence-corrected chi connectivity index (χ0v) is 11.6. The maximum Gasteiger partial charge on any atom is 0.323 e. The number of aromatic nitrogens is 1. The van der Waals surface area contributed by atoms with Gasteiger partial charge in [0.15, 0.2) is 0 Å². The van der Waals surface area contributed by atoms with Crippen molar-refractivity contribution in [1.29, 1.82) is 0 Å². The number of fused-ring (bicyclic) bond motifs is 1. The van der Waals surface area contributed by atoms with Gasteiger partial charge in [0, 0.05) is 19.2 Å². The molecular formula is C14H18N4O3. The molecule has 7 nitrogen and oxygen atoms in total. The topological polar surface area (TPSA) is 94.6 Å². The number of carbonyl (C=O) groups excluding carboxylic acids is 2. The average molecular weight is 290 g/mol. The molecule has 112 valence electrons. The van der Waals surface area contributed by atoms with Crippen LogP contribution in [0.2, 0.25) is 0 Å². The molecule has 1 unspecified atom stereocenters. The molecule has 0 radical (unpaired) electrons. The predicted octanol–water partition coefficient (Wildman–Crippen LogP) is 0.141. The van der Waals surface area contributed by atoms with E-state index in [1.807, 2.05) is 12.1 Å². The number of nitrogens with one attached hydrogen (secondary N) is 2. The molecule has 0 spiro atoms. The molecule has 2 aliphatic heterocycles. The second kappa shape index (κ2) is 5.69. The zero-order valence-electron chi connectivity index (χ0n) is 11.6. The molecule has 21 heavy (non-hydrogen) atoms. The van der Waals surface area contributed by atoms with Crippen LogP contribution in [0.25, 0.3) is 0 Å². The van der Waals surface area contributed by atoms with Crippen LogP contribution in [0.1, 0.15) is 24.8 Å². The summed E-state index contributed by atoms with van der Waals surface area (Å²) in [4.78, 5) is 29.5. The normalized spacial score (nSPS) is 25.0. The summed E-state index contributed by atoms with van der Waals surface area (Å²) in [6.45, 7) is 0.602. The molecular weight excluding hydrogens is 272 g/mol. The SMILES string of the molecule is O=C1CC[C@H](NC(=O)N2CCCc3cccnc32)C(O)N1. The first kappa shape index (κ1) is 13.8. The molecule has 3 N–H and O–H groups in total. The Morgan fingerprint density at radius 2 is 2.33 bits per heavy atom. The Morgan fingerprint density at radius 1 is 1.48 bits per heavy atom. The summed E-state index contributed by atoms with van der Waals surface area (Å²) < 4.78 is 0. The number of anilines is 1. The van der Waals surface area contributed by atoms with E-state index in [1.165, 1.54) is 0 Å². The van der Waals surface area contributed by atoms with Gasteiger partial charge >= 0.3 is 6.03 Å². The Morgan fingerprint density at radius 3 is 3.14 bits per heavy atom. The molecule has 1 aromatic heterocycles. The van der Waals surface area contributed by atoms with Gasteiger partial charge in [-0.1, -0.05) is 6.07 Å². The molecule has 3 heterocycles. The van der Waals surface area contributed by atoms with Gasteiger partial charge in [-0.2, -0.15) is 0 Å². The first-order valence-corrected chi connectivity index (χ1v) is 7.14. The first-order chi connectivity index (χ1) is 10.1. The maximum atomic E-state index is 12.4. The lowest BCUT2D eigenvalue weighted by molar-refractivity contribution is -0.127. The van der Waals surface area contributed by atoms with E-state index in [1.54, 1.807) is 11.1 Å². The van der Waals surface area contributed by atoms with Crippen LogP contribution in [-0.2, 0) is 11.2 Å². The van der Waals surface area contributed by atoms with Gasteiger partial charge in [0.25, 0.3) is 0 Å². The second-order valence-electron chi connectivity index (χ2n) is 5.35. The Balaban J connectivity index is 1.70. The Bertz CT molecular complexity index is 563. The maximum absolute atomic E-state index is 12.4. The van der Waals surface area contributed by atoms with Crippen LogP contribution >= 0.6 is 0 Å². The fourth-order valence-electron chi connectivity index (χ4n) is 2.77. The van der Waals surface area contributed by atoms with Crippen molar-refractivity contribution in [2.75, 3.05) is 11.4 Å². The molecule has 0 bridgehead atoms. The molecule has 2 aliphatic rings. The molecule has 7 heteroatoms. The number of aryl methyl sites for hydroxylation is 1. The van der Waals surface area contributed by atoms with E-state index in [-0.39, 0.29) is 11.9 Å². The number of carbonyl (C=O) groups is 2. The fourth-order valence-corrected chi connectivity index (χ4v) is 2.77. The Kier molecular flexibility index (Phi) is 3.74. The number of piperidine rings is 1. The van der Waals surface area contributed by atoms with E-state index >= 15 is 0 Å². The third kappa shape index (κ3) is 2.82. The summed E-state index contributed by atoms with van der Waals surface area (Å²) in [5, 5.41) is 15.0. The molecule has 1 fully saturated rings. The monoisotopic (exact) mass is 290 g/mol. The molecule has 1 saturated heterocycles. The third-order valence-electron chi connectivity index (χ3n) is 3.88. The van der Waals surface area contributed by atoms with Crippen molar-refractivity contribution in [2.24, 2.45) is 0 Å². The van der Waals surface area contributed by atoms with E-state index in [2.05, 4.69) is 15.6 Å². The van der Waals surface area contributed by atoms with Crippen LogP contribution in [0.5, 0.6) is 0 Å². The highest BCUT2D eigenvalue weighted by Crippen LogP contribution is 2.24. The highest BCUT2D eigenvalue weighted by molar-refractivity contribution is 5.92. The van der Waals surface area contributed by atoms with Crippen LogP contribution in [0.15, 0.2) is 18.3 Å². The van der Waals surface area contributed by atoms with E-state index in [4.69, 9.17) is 0 Å². The van der Waals surface area contributed by atoms with E-state index in [9.17, 15) is 14.7 Å². The largest absolute Gasteiger partial charge is 0.372 e. The lowest BCUT2D eigenvalue weighted by Gasteiger charge is -2.33. The summed E-state index contributed by atoms with van der Waals surface area (Å²) in [6, 6.07) is 3.08. The van der Waals surface area contributed by atoms with Crippen molar-refractivity contribution in [3.05, 3.63) is 23.9 Å². The first-order valence-electron chi connectivity index (χ1n) is 7.14. The molecule has 0 aliphatic carbocycles. The number of rotatable bonds is 1. The Labute approximate surface area is 122 Å². The number of amides is 3. The molecule has 2 atom stereocenters. The number of aliphatic hydroxyl groups is 1. The van der Waals surface area contributed by atoms with Crippen LogP contribution in [0, 0.1) is 0 Å². The number of hydrogen-bond acceptors (Lipinski definition) is 4. The zero-order chi connectivity index (χ0) is 14.8. The van der Waals surface area contributed by atoms with Crippen LogP contribution in [0.3, 0.4) is 0 Å². The quantitative estimate of drug-likeness (QED) is 0.685. The third-order valence-corrected chi connectivity index (χ3v) is 3.88. The number of aliphatic hydroxyl groups excluding tert-OH is 1. The summed E-state index contributed by atoms with van der Waals surface area (Å²) in [6.07, 6.45) is 3.16. The number of nitrogens with zero attached hydrogens (tertiary/aromatic N) is 2. The van der Waals surface area contributed by atoms with Crippen molar-refractivity contribution in [2.45, 2.75) is 38.0 Å². The minimum absolute atomic E-state index is 0.196. The highest BCUT2D eigenvalue weighted by atomic mass is 16.3. The number of pyridine rings is 1. The van der Waals surface area contributed by atoms with Crippen molar-refractivity contribution in [3.8, 4) is 0 Å². The van der Waals surface area contributed by atoms with Crippen LogP contribution in [-0.4, -0.2) is 40.8 Å². The van der Waals surface area contributed by atoms with Gasteiger partial charge < -0.3 is 15.7 Å².